The standard InChI is InChI=1S/C30H31N3O5/c1-32-18-23(20-9-7-8-12-24(20)32)28-27(29(34)31-19-13-14-25(37-3)26(17-19)38-4)21-10-5-6-11-22(21)30(35)33(28)15-16-36-2/h5-14,17-18,27-28H,15-16H2,1-4H3,(H,31,34)/t27-,28+/m0/s1. The van der Waals surface area contributed by atoms with Gasteiger partial charge in [0.1, 0.15) is 0 Å². The lowest BCUT2D eigenvalue weighted by molar-refractivity contribution is -0.119. The average molecular weight is 514 g/mol. The van der Waals surface area contributed by atoms with E-state index in [1.807, 2.05) is 60.3 Å². The Hall–Kier alpha value is -4.30. The van der Waals surface area contributed by atoms with Gasteiger partial charge in [-0.3, -0.25) is 9.59 Å². The molecule has 2 heterocycles. The smallest absolute Gasteiger partial charge is 0.254 e. The second-order valence-electron chi connectivity index (χ2n) is 9.27. The zero-order chi connectivity index (χ0) is 26.8. The summed E-state index contributed by atoms with van der Waals surface area (Å²) in [6, 6.07) is 20.1. The Kier molecular flexibility index (Phi) is 7.07. The number of amides is 2. The molecule has 1 N–H and O–H groups in total. The summed E-state index contributed by atoms with van der Waals surface area (Å²) >= 11 is 0. The van der Waals surface area contributed by atoms with E-state index in [4.69, 9.17) is 14.2 Å². The number of methoxy groups -OCH3 is 3. The van der Waals surface area contributed by atoms with Crippen LogP contribution in [0.1, 0.15) is 33.4 Å². The topological polar surface area (TPSA) is 82.0 Å². The van der Waals surface area contributed by atoms with Gasteiger partial charge in [-0.25, -0.2) is 0 Å². The monoisotopic (exact) mass is 513 g/mol. The number of benzene rings is 3. The van der Waals surface area contributed by atoms with Gasteiger partial charge in [0.2, 0.25) is 5.91 Å². The number of nitrogens with one attached hydrogen (secondary N) is 1. The number of hydrogen-bond donors (Lipinski definition) is 1. The van der Waals surface area contributed by atoms with Gasteiger partial charge in [-0.1, -0.05) is 36.4 Å². The van der Waals surface area contributed by atoms with E-state index >= 15 is 0 Å². The Balaban J connectivity index is 1.66. The highest BCUT2D eigenvalue weighted by atomic mass is 16.5. The zero-order valence-electron chi connectivity index (χ0n) is 21.9. The highest BCUT2D eigenvalue weighted by Gasteiger charge is 2.45. The molecule has 196 valence electrons. The van der Waals surface area contributed by atoms with Crippen LogP contribution in [-0.2, 0) is 16.6 Å². The highest BCUT2D eigenvalue weighted by molar-refractivity contribution is 6.05. The molecule has 2 amide bonds. The molecule has 1 aliphatic rings. The van der Waals surface area contributed by atoms with Crippen molar-refractivity contribution in [1.82, 2.24) is 9.47 Å². The number of aryl methyl sites for hydroxylation is 1. The van der Waals surface area contributed by atoms with Crippen molar-refractivity contribution in [2.45, 2.75) is 12.0 Å². The molecule has 0 bridgehead atoms. The number of aromatic nitrogens is 1. The third kappa shape index (κ3) is 4.37. The molecule has 1 aliphatic heterocycles. The van der Waals surface area contributed by atoms with Crippen molar-refractivity contribution in [1.29, 1.82) is 0 Å². The first kappa shape index (κ1) is 25.4. The zero-order valence-corrected chi connectivity index (χ0v) is 21.9. The summed E-state index contributed by atoms with van der Waals surface area (Å²) in [4.78, 5) is 29.8. The molecule has 38 heavy (non-hydrogen) atoms. The van der Waals surface area contributed by atoms with Crippen LogP contribution in [-0.4, -0.2) is 55.8 Å². The van der Waals surface area contributed by atoms with Crippen molar-refractivity contribution in [3.63, 3.8) is 0 Å². The van der Waals surface area contributed by atoms with Crippen molar-refractivity contribution in [2.75, 3.05) is 39.8 Å². The SMILES string of the molecule is COCCN1C(=O)c2ccccc2[C@H](C(=O)Nc2ccc(OC)c(OC)c2)[C@H]1c1cn(C)c2ccccc12. The fourth-order valence-corrected chi connectivity index (χ4v) is 5.40. The van der Waals surface area contributed by atoms with Gasteiger partial charge < -0.3 is 29.0 Å². The third-order valence-electron chi connectivity index (χ3n) is 7.15. The summed E-state index contributed by atoms with van der Waals surface area (Å²) in [5.41, 5.74) is 3.73. The minimum absolute atomic E-state index is 0.120. The van der Waals surface area contributed by atoms with Crippen molar-refractivity contribution in [3.8, 4) is 11.5 Å². The van der Waals surface area contributed by atoms with E-state index in [0.29, 0.717) is 41.5 Å². The number of carbonyl (C=O) groups excluding carboxylic acids is 2. The fourth-order valence-electron chi connectivity index (χ4n) is 5.40. The Morgan fingerprint density at radius 1 is 0.921 bits per heavy atom. The molecule has 2 atom stereocenters. The quantitative estimate of drug-likeness (QED) is 0.367. The van der Waals surface area contributed by atoms with Crippen molar-refractivity contribution >= 4 is 28.4 Å². The molecule has 8 heteroatoms. The van der Waals surface area contributed by atoms with Gasteiger partial charge in [-0.2, -0.15) is 0 Å². The molecule has 0 radical (unpaired) electrons. The summed E-state index contributed by atoms with van der Waals surface area (Å²) in [6.07, 6.45) is 2.02. The van der Waals surface area contributed by atoms with Crippen LogP contribution in [0.4, 0.5) is 5.69 Å². The first-order valence-electron chi connectivity index (χ1n) is 12.4. The van der Waals surface area contributed by atoms with Crippen LogP contribution < -0.4 is 14.8 Å². The predicted molar refractivity (Wildman–Crippen MR) is 146 cm³/mol. The molecule has 8 nitrogen and oxygen atoms in total. The van der Waals surface area contributed by atoms with Gasteiger partial charge >= 0.3 is 0 Å². The first-order chi connectivity index (χ1) is 18.5. The van der Waals surface area contributed by atoms with Crippen molar-refractivity contribution in [2.24, 2.45) is 7.05 Å². The van der Waals surface area contributed by atoms with Crippen LogP contribution in [0, 0.1) is 0 Å². The first-order valence-corrected chi connectivity index (χ1v) is 12.4. The molecule has 0 unspecified atom stereocenters. The molecule has 0 spiro atoms. The lowest BCUT2D eigenvalue weighted by atomic mass is 9.79. The molecule has 0 saturated carbocycles. The minimum atomic E-state index is -0.667. The molecule has 4 aromatic rings. The maximum atomic E-state index is 14.2. The fraction of sp³-hybridized carbons (Fsp3) is 0.267. The average Bonchev–Trinajstić information content (AvgIpc) is 3.28. The number of para-hydroxylation sites is 1. The number of carbonyl (C=O) groups is 2. The van der Waals surface area contributed by atoms with Gasteiger partial charge in [-0.15, -0.1) is 0 Å². The molecule has 1 aromatic heterocycles. The molecular weight excluding hydrogens is 482 g/mol. The lowest BCUT2D eigenvalue weighted by Gasteiger charge is -2.41. The van der Waals surface area contributed by atoms with Gasteiger partial charge in [0, 0.05) is 60.7 Å². The Morgan fingerprint density at radius 3 is 2.42 bits per heavy atom. The van der Waals surface area contributed by atoms with E-state index in [1.165, 1.54) is 0 Å². The van der Waals surface area contributed by atoms with E-state index in [2.05, 4.69) is 5.32 Å². The van der Waals surface area contributed by atoms with Crippen molar-refractivity contribution < 1.29 is 23.8 Å². The molecular formula is C30H31N3O5. The summed E-state index contributed by atoms with van der Waals surface area (Å²) in [5, 5.41) is 4.07. The maximum absolute atomic E-state index is 14.2. The number of hydrogen-bond acceptors (Lipinski definition) is 5. The van der Waals surface area contributed by atoms with Crippen LogP contribution in [0.3, 0.4) is 0 Å². The number of anilines is 1. The van der Waals surface area contributed by atoms with E-state index < -0.39 is 12.0 Å². The number of fused-ring (bicyclic) bond motifs is 2. The lowest BCUT2D eigenvalue weighted by Crippen LogP contribution is -2.47. The van der Waals surface area contributed by atoms with E-state index in [9.17, 15) is 9.59 Å². The molecule has 3 aromatic carbocycles. The van der Waals surface area contributed by atoms with Crippen LogP contribution >= 0.6 is 0 Å². The maximum Gasteiger partial charge on any atom is 0.254 e. The third-order valence-corrected chi connectivity index (χ3v) is 7.15. The minimum Gasteiger partial charge on any atom is -0.493 e. The van der Waals surface area contributed by atoms with Crippen LogP contribution in [0.5, 0.6) is 11.5 Å². The van der Waals surface area contributed by atoms with Crippen LogP contribution in [0.25, 0.3) is 10.9 Å². The summed E-state index contributed by atoms with van der Waals surface area (Å²) in [7, 11) is 6.70. The van der Waals surface area contributed by atoms with Gasteiger partial charge in [-0.05, 0) is 29.8 Å². The molecule has 0 fully saturated rings. The Morgan fingerprint density at radius 2 is 1.66 bits per heavy atom. The van der Waals surface area contributed by atoms with Gasteiger partial charge in [0.05, 0.1) is 32.8 Å². The Bertz CT molecular complexity index is 1490. The second-order valence-corrected chi connectivity index (χ2v) is 9.27. The Labute approximate surface area is 221 Å². The predicted octanol–water partition coefficient (Wildman–Crippen LogP) is 4.76. The van der Waals surface area contributed by atoms with Crippen LogP contribution in [0.15, 0.2) is 72.9 Å². The highest BCUT2D eigenvalue weighted by Crippen LogP contribution is 2.45. The van der Waals surface area contributed by atoms with Gasteiger partial charge in [0.25, 0.3) is 5.91 Å². The summed E-state index contributed by atoms with van der Waals surface area (Å²) < 4.78 is 18.2. The number of nitrogens with zero attached hydrogens (tertiary/aromatic N) is 2. The number of rotatable bonds is 8. The number of ether oxygens (including phenoxy) is 3. The van der Waals surface area contributed by atoms with Crippen LogP contribution in [0.2, 0.25) is 0 Å². The van der Waals surface area contributed by atoms with E-state index in [-0.39, 0.29) is 11.8 Å². The molecule has 5 rings (SSSR count). The van der Waals surface area contributed by atoms with Crippen molar-refractivity contribution in [3.05, 3.63) is 89.6 Å². The second kappa shape index (κ2) is 10.6. The van der Waals surface area contributed by atoms with E-state index in [0.717, 1.165) is 16.5 Å². The van der Waals surface area contributed by atoms with Gasteiger partial charge in [0.15, 0.2) is 11.5 Å². The van der Waals surface area contributed by atoms with E-state index in [1.54, 1.807) is 50.5 Å². The molecule has 0 saturated heterocycles. The molecule has 0 aliphatic carbocycles. The summed E-state index contributed by atoms with van der Waals surface area (Å²) in [6.45, 7) is 0.691. The largest absolute Gasteiger partial charge is 0.493 e. The summed E-state index contributed by atoms with van der Waals surface area (Å²) in [5.74, 6) is 0.0678. The normalized spacial score (nSPS) is 16.8.